The molecular weight excluding hydrogens is 238 g/mol. The molecule has 0 atom stereocenters. The fraction of sp³-hybridized carbons (Fsp3) is 0.545. The van der Waals surface area contributed by atoms with E-state index in [1.54, 1.807) is 20.8 Å². The Kier molecular flexibility index (Phi) is 3.95. The molecule has 0 amide bonds. The van der Waals surface area contributed by atoms with Crippen molar-refractivity contribution in [3.63, 3.8) is 0 Å². The number of carboxylic acids is 1. The van der Waals surface area contributed by atoms with Crippen molar-refractivity contribution in [1.29, 1.82) is 0 Å². The van der Waals surface area contributed by atoms with Gasteiger partial charge in [0.05, 0.1) is 24.3 Å². The van der Waals surface area contributed by atoms with Crippen LogP contribution < -0.4 is 5.73 Å². The summed E-state index contributed by atoms with van der Waals surface area (Å²) in [5, 5.41) is 13.0. The molecule has 0 bridgehead atoms. The zero-order chi connectivity index (χ0) is 13.9. The highest BCUT2D eigenvalue weighted by molar-refractivity contribution is 5.92. The van der Waals surface area contributed by atoms with Gasteiger partial charge in [0.15, 0.2) is 5.69 Å². The van der Waals surface area contributed by atoms with Crippen molar-refractivity contribution in [3.05, 3.63) is 11.9 Å². The van der Waals surface area contributed by atoms with Crippen molar-refractivity contribution in [1.82, 2.24) is 9.78 Å². The summed E-state index contributed by atoms with van der Waals surface area (Å²) in [5.74, 6) is -1.56. The Balaban J connectivity index is 2.91. The minimum absolute atomic E-state index is 0.0121. The molecule has 3 N–H and O–H groups in total. The van der Waals surface area contributed by atoms with E-state index in [0.29, 0.717) is 0 Å². The van der Waals surface area contributed by atoms with E-state index in [1.165, 1.54) is 10.9 Å². The van der Waals surface area contributed by atoms with Gasteiger partial charge in [-0.25, -0.2) is 4.79 Å². The highest BCUT2D eigenvalue weighted by Gasteiger charge is 2.29. The summed E-state index contributed by atoms with van der Waals surface area (Å²) in [6.07, 6.45) is 1.43. The number of aromatic nitrogens is 2. The molecule has 1 heterocycles. The summed E-state index contributed by atoms with van der Waals surface area (Å²) in [6.45, 7) is 5.16. The predicted molar refractivity (Wildman–Crippen MR) is 64.0 cm³/mol. The van der Waals surface area contributed by atoms with Crippen molar-refractivity contribution >= 4 is 17.6 Å². The van der Waals surface area contributed by atoms with Gasteiger partial charge in [-0.2, -0.15) is 5.10 Å². The molecule has 7 heteroatoms. The highest BCUT2D eigenvalue weighted by Crippen LogP contribution is 2.20. The first-order valence-electron chi connectivity index (χ1n) is 5.51. The van der Waals surface area contributed by atoms with Gasteiger partial charge >= 0.3 is 11.9 Å². The third kappa shape index (κ3) is 2.99. The number of ether oxygens (including phenoxy) is 1. The second-order valence-corrected chi connectivity index (χ2v) is 4.54. The van der Waals surface area contributed by atoms with Crippen LogP contribution in [0.1, 0.15) is 31.3 Å². The Morgan fingerprint density at radius 2 is 2.17 bits per heavy atom. The van der Waals surface area contributed by atoms with Gasteiger partial charge in [0, 0.05) is 6.20 Å². The average molecular weight is 255 g/mol. The molecule has 0 aliphatic carbocycles. The lowest BCUT2D eigenvalue weighted by Crippen LogP contribution is -2.29. The number of anilines is 1. The molecule has 0 saturated carbocycles. The molecule has 1 aromatic rings. The maximum absolute atomic E-state index is 11.5. The molecule has 0 spiro atoms. The molecule has 0 aromatic carbocycles. The monoisotopic (exact) mass is 255 g/mol. The van der Waals surface area contributed by atoms with E-state index in [4.69, 9.17) is 15.6 Å². The summed E-state index contributed by atoms with van der Waals surface area (Å²) < 4.78 is 6.13. The summed E-state index contributed by atoms with van der Waals surface area (Å²) in [4.78, 5) is 22.5. The predicted octanol–water partition coefficient (Wildman–Crippen LogP) is 0.753. The molecule has 18 heavy (non-hydrogen) atoms. The summed E-state index contributed by atoms with van der Waals surface area (Å²) in [7, 11) is 0. The first-order valence-corrected chi connectivity index (χ1v) is 5.51. The smallest absolute Gasteiger partial charge is 0.361 e. The molecule has 0 radical (unpaired) electrons. The number of carbonyl (C=O) groups excluding carboxylic acids is 1. The first kappa shape index (κ1) is 14.0. The van der Waals surface area contributed by atoms with Gasteiger partial charge in [-0.05, 0) is 20.8 Å². The van der Waals surface area contributed by atoms with E-state index in [1.807, 2.05) is 0 Å². The van der Waals surface area contributed by atoms with Crippen molar-refractivity contribution in [2.45, 2.75) is 27.3 Å². The lowest BCUT2D eigenvalue weighted by Gasteiger charge is -2.18. The number of hydrogen-bond acceptors (Lipinski definition) is 5. The Morgan fingerprint density at radius 1 is 1.56 bits per heavy atom. The average Bonchev–Trinajstić information content (AvgIpc) is 2.58. The third-order valence-corrected chi connectivity index (χ3v) is 2.40. The molecule has 7 nitrogen and oxygen atoms in total. The minimum atomic E-state index is -0.996. The minimum Gasteiger partial charge on any atom is -0.481 e. The second-order valence-electron chi connectivity index (χ2n) is 4.54. The van der Waals surface area contributed by atoms with E-state index in [2.05, 4.69) is 5.10 Å². The van der Waals surface area contributed by atoms with Crippen LogP contribution in [0, 0.1) is 5.41 Å². The van der Waals surface area contributed by atoms with Gasteiger partial charge in [-0.3, -0.25) is 9.48 Å². The number of carboxylic acid groups (broad SMARTS) is 1. The van der Waals surface area contributed by atoms with Crippen LogP contribution in [0.5, 0.6) is 0 Å². The van der Waals surface area contributed by atoms with Gasteiger partial charge in [0.1, 0.15) is 0 Å². The second kappa shape index (κ2) is 5.07. The first-order chi connectivity index (χ1) is 8.27. The summed E-state index contributed by atoms with van der Waals surface area (Å²) >= 11 is 0. The van der Waals surface area contributed by atoms with Gasteiger partial charge in [0.25, 0.3) is 0 Å². The van der Waals surface area contributed by atoms with E-state index >= 15 is 0 Å². The van der Waals surface area contributed by atoms with Crippen molar-refractivity contribution in [2.24, 2.45) is 5.41 Å². The van der Waals surface area contributed by atoms with E-state index in [0.717, 1.165) is 0 Å². The van der Waals surface area contributed by atoms with Gasteiger partial charge in [-0.15, -0.1) is 0 Å². The fourth-order valence-corrected chi connectivity index (χ4v) is 1.35. The van der Waals surface area contributed by atoms with Crippen molar-refractivity contribution in [2.75, 3.05) is 12.3 Å². The lowest BCUT2D eigenvalue weighted by atomic mass is 9.94. The maximum atomic E-state index is 11.5. The number of nitrogen functional groups attached to an aromatic ring is 1. The van der Waals surface area contributed by atoms with Crippen LogP contribution in [0.15, 0.2) is 6.20 Å². The fourth-order valence-electron chi connectivity index (χ4n) is 1.35. The molecule has 0 saturated heterocycles. The van der Waals surface area contributed by atoms with E-state index < -0.39 is 17.4 Å². The van der Waals surface area contributed by atoms with Crippen LogP contribution in [0.2, 0.25) is 0 Å². The molecular formula is C11H17N3O4. The van der Waals surface area contributed by atoms with E-state index in [-0.39, 0.29) is 24.5 Å². The van der Waals surface area contributed by atoms with E-state index in [9.17, 15) is 9.59 Å². The molecule has 1 aromatic heterocycles. The number of nitrogens with zero attached hydrogens (tertiary/aromatic N) is 2. The number of esters is 1. The zero-order valence-corrected chi connectivity index (χ0v) is 10.6. The lowest BCUT2D eigenvalue weighted by molar-refractivity contribution is -0.147. The van der Waals surface area contributed by atoms with Crippen LogP contribution in [0.3, 0.4) is 0 Å². The molecule has 100 valence electrons. The molecule has 0 fully saturated rings. The van der Waals surface area contributed by atoms with Crippen molar-refractivity contribution in [3.8, 4) is 0 Å². The number of rotatable bonds is 5. The van der Waals surface area contributed by atoms with Crippen LogP contribution in [-0.2, 0) is 16.1 Å². The Bertz CT molecular complexity index is 465. The molecule has 0 aliphatic heterocycles. The zero-order valence-electron chi connectivity index (χ0n) is 10.6. The van der Waals surface area contributed by atoms with Crippen molar-refractivity contribution < 1.29 is 19.4 Å². The largest absolute Gasteiger partial charge is 0.481 e. The Labute approximate surface area is 105 Å². The quantitative estimate of drug-likeness (QED) is 0.752. The number of nitrogens with two attached hydrogens (primary N) is 1. The Hall–Kier alpha value is -2.05. The van der Waals surface area contributed by atoms with Gasteiger partial charge in [-0.1, -0.05) is 0 Å². The molecule has 1 rings (SSSR count). The topological polar surface area (TPSA) is 107 Å². The van der Waals surface area contributed by atoms with Gasteiger partial charge < -0.3 is 15.6 Å². The van der Waals surface area contributed by atoms with Gasteiger partial charge in [0.2, 0.25) is 0 Å². The van der Waals surface area contributed by atoms with Crippen LogP contribution in [0.25, 0.3) is 0 Å². The summed E-state index contributed by atoms with van der Waals surface area (Å²) in [6, 6.07) is 0. The van der Waals surface area contributed by atoms with Crippen LogP contribution >= 0.6 is 0 Å². The number of aliphatic carboxylic acids is 1. The van der Waals surface area contributed by atoms with Crippen LogP contribution in [0.4, 0.5) is 5.69 Å². The summed E-state index contributed by atoms with van der Waals surface area (Å²) in [5.41, 5.74) is 4.83. The molecule has 0 unspecified atom stereocenters. The number of carbonyl (C=O) groups is 2. The normalized spacial score (nSPS) is 11.3. The molecule has 0 aliphatic rings. The third-order valence-electron chi connectivity index (χ3n) is 2.40. The van der Waals surface area contributed by atoms with Crippen LogP contribution in [-0.4, -0.2) is 33.4 Å². The standard InChI is InChI=1S/C11H17N3O4/c1-4-18-9(15)8-7(12)5-14(13-8)6-11(2,3)10(16)17/h5H,4,6,12H2,1-3H3,(H,16,17). The SMILES string of the molecule is CCOC(=O)c1nn(CC(C)(C)C(=O)O)cc1N. The Morgan fingerprint density at radius 3 is 2.67 bits per heavy atom. The highest BCUT2D eigenvalue weighted by atomic mass is 16.5. The maximum Gasteiger partial charge on any atom is 0.361 e. The number of hydrogen-bond donors (Lipinski definition) is 2.